The molecule has 1 aromatic rings. The van der Waals surface area contributed by atoms with Gasteiger partial charge in [-0.3, -0.25) is 0 Å². The molecule has 0 aliphatic heterocycles. The number of benzene rings is 1. The maximum atomic E-state index is 11.2. The third-order valence-electron chi connectivity index (χ3n) is 3.15. The second kappa shape index (κ2) is 14.0. The Balaban J connectivity index is 0.000000541. The predicted octanol–water partition coefficient (Wildman–Crippen LogP) is 4.06. The molecule has 0 fully saturated rings. The maximum absolute atomic E-state index is 11.2. The molecule has 0 amide bonds. The van der Waals surface area contributed by atoms with Crippen LogP contribution in [0, 0.1) is 0 Å². The highest BCUT2D eigenvalue weighted by atomic mass is 32.2. The summed E-state index contributed by atoms with van der Waals surface area (Å²) in [4.78, 5) is 21.7. The number of carboxylic acid groups (broad SMARTS) is 1. The van der Waals surface area contributed by atoms with E-state index in [0.717, 1.165) is 30.1 Å². The number of carbonyl (C=O) groups is 2. The second-order valence-corrected chi connectivity index (χ2v) is 7.07. The molecule has 7 nitrogen and oxygen atoms in total. The van der Waals surface area contributed by atoms with Crippen molar-refractivity contribution in [1.82, 2.24) is 0 Å². The molecule has 8 heteroatoms. The summed E-state index contributed by atoms with van der Waals surface area (Å²) in [6.07, 6.45) is 5.27. The van der Waals surface area contributed by atoms with Crippen molar-refractivity contribution in [2.45, 2.75) is 26.7 Å². The minimum Gasteiger partial charge on any atom is -0.478 e. The number of hydrogen-bond acceptors (Lipinski definition) is 6. The zero-order valence-corrected chi connectivity index (χ0v) is 17.4. The van der Waals surface area contributed by atoms with E-state index in [0.29, 0.717) is 6.61 Å². The number of ether oxygens (including phenoxy) is 1. The molecule has 0 aliphatic carbocycles. The summed E-state index contributed by atoms with van der Waals surface area (Å²) in [7, 11) is -3.63. The van der Waals surface area contributed by atoms with Crippen LogP contribution in [0.3, 0.4) is 0 Å². The topological polar surface area (TPSA) is 107 Å². The van der Waals surface area contributed by atoms with Gasteiger partial charge in [0, 0.05) is 5.57 Å². The fourth-order valence-electron chi connectivity index (χ4n) is 1.64. The van der Waals surface area contributed by atoms with Crippen LogP contribution in [0.5, 0.6) is 0 Å². The molecular formula is C21H26O7S. The third kappa shape index (κ3) is 12.8. The Morgan fingerprint density at radius 3 is 2.34 bits per heavy atom. The largest absolute Gasteiger partial charge is 0.478 e. The predicted molar refractivity (Wildman–Crippen MR) is 112 cm³/mol. The standard InChI is InChI=1S/C11H16O4.C10H10O3S/c1-4-5-6-15-11(14)9(3)7-8(2)10(12)13;1-2-13-14(11,12)9-8-10-6-4-3-5-7-10/h7H,3-6H2,1-2H3,(H,12,13);2-9H,1H2. The number of unbranched alkanes of at least 4 members (excludes halogenated alkanes) is 1. The molecule has 1 rings (SSSR count). The van der Waals surface area contributed by atoms with Crippen LogP contribution in [0.25, 0.3) is 6.08 Å². The van der Waals surface area contributed by atoms with E-state index in [9.17, 15) is 18.0 Å². The summed E-state index contributed by atoms with van der Waals surface area (Å²) in [5, 5.41) is 9.56. The summed E-state index contributed by atoms with van der Waals surface area (Å²) in [5.41, 5.74) is 0.919. The Hall–Kier alpha value is -3.13. The molecule has 0 heterocycles. The number of carbonyl (C=O) groups excluding carboxylic acids is 1. The van der Waals surface area contributed by atoms with Crippen molar-refractivity contribution in [3.8, 4) is 0 Å². The molecule has 1 aromatic carbocycles. The SMILES string of the molecule is C=C(C=C(C)C(=O)O)C(=O)OCCCC.C=COS(=O)(=O)C=Cc1ccccc1. The van der Waals surface area contributed by atoms with Crippen LogP contribution in [0.15, 0.2) is 72.4 Å². The van der Waals surface area contributed by atoms with Gasteiger partial charge < -0.3 is 14.0 Å². The number of esters is 1. The van der Waals surface area contributed by atoms with Gasteiger partial charge in [-0.2, -0.15) is 8.42 Å². The van der Waals surface area contributed by atoms with Gasteiger partial charge in [0.15, 0.2) is 0 Å². The van der Waals surface area contributed by atoms with E-state index < -0.39 is 22.1 Å². The first-order valence-corrected chi connectivity index (χ1v) is 10.1. The van der Waals surface area contributed by atoms with E-state index in [1.54, 1.807) is 12.1 Å². The molecule has 1 N–H and O–H groups in total. The Morgan fingerprint density at radius 2 is 1.83 bits per heavy atom. The first-order chi connectivity index (χ1) is 13.6. The van der Waals surface area contributed by atoms with E-state index in [-0.39, 0.29) is 11.1 Å². The van der Waals surface area contributed by atoms with Crippen LogP contribution in [-0.2, 0) is 28.6 Å². The van der Waals surface area contributed by atoms with Crippen LogP contribution in [0.4, 0.5) is 0 Å². The average molecular weight is 422 g/mol. The minimum absolute atomic E-state index is 0.0611. The molecule has 158 valence electrons. The van der Waals surface area contributed by atoms with E-state index in [1.165, 1.54) is 19.1 Å². The molecule has 0 atom stereocenters. The van der Waals surface area contributed by atoms with Crippen molar-refractivity contribution in [1.29, 1.82) is 0 Å². The van der Waals surface area contributed by atoms with Crippen molar-refractivity contribution >= 4 is 28.1 Å². The lowest BCUT2D eigenvalue weighted by Crippen LogP contribution is -2.08. The van der Waals surface area contributed by atoms with E-state index >= 15 is 0 Å². The Kier molecular flexibility index (Phi) is 12.4. The maximum Gasteiger partial charge on any atom is 0.337 e. The Labute approximate surface area is 171 Å². The smallest absolute Gasteiger partial charge is 0.337 e. The van der Waals surface area contributed by atoms with Gasteiger partial charge in [-0.05, 0) is 31.1 Å². The summed E-state index contributed by atoms with van der Waals surface area (Å²) >= 11 is 0. The number of hydrogen-bond donors (Lipinski definition) is 1. The van der Waals surface area contributed by atoms with Crippen molar-refractivity contribution in [3.05, 3.63) is 77.9 Å². The van der Waals surface area contributed by atoms with Crippen LogP contribution >= 0.6 is 0 Å². The van der Waals surface area contributed by atoms with E-state index in [2.05, 4.69) is 17.3 Å². The van der Waals surface area contributed by atoms with Gasteiger partial charge in [0.25, 0.3) is 0 Å². The zero-order chi connectivity index (χ0) is 22.3. The summed E-state index contributed by atoms with van der Waals surface area (Å²) in [6, 6.07) is 9.08. The van der Waals surface area contributed by atoms with E-state index in [4.69, 9.17) is 9.84 Å². The zero-order valence-electron chi connectivity index (χ0n) is 16.5. The molecule has 0 radical (unpaired) electrons. The first-order valence-electron chi connectivity index (χ1n) is 8.68. The Morgan fingerprint density at radius 1 is 1.21 bits per heavy atom. The van der Waals surface area contributed by atoms with Crippen LogP contribution in [0.2, 0.25) is 0 Å². The van der Waals surface area contributed by atoms with Crippen molar-refractivity contribution in [3.63, 3.8) is 0 Å². The van der Waals surface area contributed by atoms with Crippen molar-refractivity contribution in [2.24, 2.45) is 0 Å². The molecule has 0 bridgehead atoms. The number of carboxylic acids is 1. The van der Waals surface area contributed by atoms with Gasteiger partial charge in [0.2, 0.25) is 0 Å². The fourth-order valence-corrected chi connectivity index (χ4v) is 2.21. The lowest BCUT2D eigenvalue weighted by atomic mass is 10.2. The second-order valence-electron chi connectivity index (χ2n) is 5.62. The average Bonchev–Trinajstić information content (AvgIpc) is 2.67. The lowest BCUT2D eigenvalue weighted by Gasteiger charge is -2.03. The summed E-state index contributed by atoms with van der Waals surface area (Å²) < 4.78 is 31.2. The van der Waals surface area contributed by atoms with Gasteiger partial charge in [-0.1, -0.05) is 56.8 Å². The lowest BCUT2D eigenvalue weighted by molar-refractivity contribution is -0.138. The third-order valence-corrected chi connectivity index (χ3v) is 4.02. The monoisotopic (exact) mass is 422 g/mol. The summed E-state index contributed by atoms with van der Waals surface area (Å²) in [6.45, 7) is 10.3. The van der Waals surface area contributed by atoms with Gasteiger partial charge in [-0.15, -0.1) is 0 Å². The summed E-state index contributed by atoms with van der Waals surface area (Å²) in [5.74, 6) is -1.64. The number of aliphatic carboxylic acids is 1. The minimum atomic E-state index is -3.63. The highest BCUT2D eigenvalue weighted by Gasteiger charge is 2.08. The van der Waals surface area contributed by atoms with Gasteiger partial charge in [-0.25, -0.2) is 9.59 Å². The molecule has 0 spiro atoms. The normalized spacial score (nSPS) is 11.2. The highest BCUT2D eigenvalue weighted by molar-refractivity contribution is 7.89. The van der Waals surface area contributed by atoms with Gasteiger partial charge in [0.05, 0.1) is 23.9 Å². The fraction of sp³-hybridized carbons (Fsp3) is 0.238. The van der Waals surface area contributed by atoms with Gasteiger partial charge >= 0.3 is 22.1 Å². The molecule has 0 aliphatic rings. The van der Waals surface area contributed by atoms with Crippen LogP contribution < -0.4 is 0 Å². The van der Waals surface area contributed by atoms with Gasteiger partial charge in [0.1, 0.15) is 0 Å². The molecule has 0 saturated carbocycles. The molecule has 0 aromatic heterocycles. The molecular weight excluding hydrogens is 396 g/mol. The quantitative estimate of drug-likeness (QED) is 0.151. The van der Waals surface area contributed by atoms with Crippen molar-refractivity contribution in [2.75, 3.05) is 6.61 Å². The van der Waals surface area contributed by atoms with Crippen molar-refractivity contribution < 1.29 is 32.0 Å². The first kappa shape index (κ1) is 25.9. The molecule has 29 heavy (non-hydrogen) atoms. The van der Waals surface area contributed by atoms with E-state index in [1.807, 2.05) is 25.1 Å². The highest BCUT2D eigenvalue weighted by Crippen LogP contribution is 2.05. The molecule has 0 saturated heterocycles. The van der Waals surface area contributed by atoms with Crippen LogP contribution in [0.1, 0.15) is 32.3 Å². The Bertz CT molecular complexity index is 850. The van der Waals surface area contributed by atoms with Crippen LogP contribution in [-0.4, -0.2) is 32.1 Å². The number of rotatable bonds is 10. The molecule has 0 unspecified atom stereocenters.